The smallest absolute Gasteiger partial charge is 0.222 e. The molecule has 0 aromatic carbocycles. The van der Waals surface area contributed by atoms with E-state index in [2.05, 4.69) is 25.6 Å². The van der Waals surface area contributed by atoms with Gasteiger partial charge in [-0.25, -0.2) is 15.0 Å². The first-order valence-corrected chi connectivity index (χ1v) is 9.88. The van der Waals surface area contributed by atoms with Crippen LogP contribution in [0.1, 0.15) is 38.1 Å². The predicted molar refractivity (Wildman–Crippen MR) is 125 cm³/mol. The third kappa shape index (κ3) is 6.15. The molecule has 0 spiro atoms. The number of likely N-dealkylation sites (tertiary alicyclic amines) is 1. The Labute approximate surface area is 189 Å². The maximum Gasteiger partial charge on any atom is 0.222 e. The number of hydrogen-bond acceptors (Lipinski definition) is 4. The van der Waals surface area contributed by atoms with E-state index in [0.717, 1.165) is 49.2 Å². The lowest BCUT2D eigenvalue weighted by atomic mass is 10.2. The molecule has 1 aliphatic heterocycles. The molecule has 0 saturated carbocycles. The largest absolute Gasteiger partial charge is 0.357 e. The lowest BCUT2D eigenvalue weighted by Crippen LogP contribution is -2.45. The van der Waals surface area contributed by atoms with Gasteiger partial charge in [0, 0.05) is 50.7 Å². The van der Waals surface area contributed by atoms with Crippen molar-refractivity contribution in [1.29, 1.82) is 0 Å². The van der Waals surface area contributed by atoms with Gasteiger partial charge in [0.15, 0.2) is 5.96 Å². The molecule has 0 bridgehead atoms. The van der Waals surface area contributed by atoms with Crippen LogP contribution in [-0.4, -0.2) is 57.0 Å². The summed E-state index contributed by atoms with van der Waals surface area (Å²) < 4.78 is 1.95. The number of hydrogen-bond donors (Lipinski definition) is 2. The standard InChI is InChI=1S/C20H29N7O.HI/c1-4-19(28)26-10-8-17(14-26)25-20(21-5-2)24-13-16-6-7-18(23-12-16)27-11-9-22-15(27)3;/h6-7,9,11-12,17H,4-5,8,10,13-14H2,1-3H3,(H2,21,24,25);1H. The zero-order chi connectivity index (χ0) is 19.9. The number of carbonyl (C=O) groups excluding carboxylic acids is 1. The van der Waals surface area contributed by atoms with Crippen LogP contribution in [0.15, 0.2) is 35.7 Å². The van der Waals surface area contributed by atoms with Gasteiger partial charge in [0.2, 0.25) is 5.91 Å². The molecule has 1 saturated heterocycles. The summed E-state index contributed by atoms with van der Waals surface area (Å²) >= 11 is 0. The van der Waals surface area contributed by atoms with Gasteiger partial charge in [-0.1, -0.05) is 13.0 Å². The number of aliphatic imine (C=N–C) groups is 1. The minimum atomic E-state index is 0. The third-order valence-electron chi connectivity index (χ3n) is 4.83. The summed E-state index contributed by atoms with van der Waals surface area (Å²) in [5, 5.41) is 6.73. The number of guanidine groups is 1. The van der Waals surface area contributed by atoms with Crippen molar-refractivity contribution < 1.29 is 4.79 Å². The molecular formula is C20H30IN7O. The molecule has 9 heteroatoms. The molecule has 0 radical (unpaired) electrons. The molecule has 2 aromatic heterocycles. The van der Waals surface area contributed by atoms with Gasteiger partial charge in [-0.3, -0.25) is 9.36 Å². The fraction of sp³-hybridized carbons (Fsp3) is 0.500. The molecule has 1 aliphatic rings. The average molecular weight is 511 g/mol. The molecule has 3 heterocycles. The van der Waals surface area contributed by atoms with E-state index in [0.29, 0.717) is 13.0 Å². The Kier molecular flexibility index (Phi) is 8.87. The lowest BCUT2D eigenvalue weighted by Gasteiger charge is -2.18. The number of amides is 1. The molecule has 1 atom stereocenters. The van der Waals surface area contributed by atoms with Crippen molar-refractivity contribution in [2.45, 2.75) is 46.2 Å². The first-order chi connectivity index (χ1) is 13.6. The normalized spacial score (nSPS) is 16.4. The van der Waals surface area contributed by atoms with Crippen LogP contribution in [0.3, 0.4) is 0 Å². The highest BCUT2D eigenvalue weighted by molar-refractivity contribution is 14.0. The van der Waals surface area contributed by atoms with Gasteiger partial charge in [0.05, 0.1) is 6.54 Å². The quantitative estimate of drug-likeness (QED) is 0.353. The summed E-state index contributed by atoms with van der Waals surface area (Å²) in [5.41, 5.74) is 1.04. The van der Waals surface area contributed by atoms with Crippen LogP contribution in [0, 0.1) is 6.92 Å². The van der Waals surface area contributed by atoms with Gasteiger partial charge >= 0.3 is 0 Å². The number of aryl methyl sites for hydroxylation is 1. The molecule has 2 aromatic rings. The van der Waals surface area contributed by atoms with Crippen LogP contribution in [-0.2, 0) is 11.3 Å². The Balaban J connectivity index is 0.00000300. The van der Waals surface area contributed by atoms with Crippen molar-refractivity contribution in [2.75, 3.05) is 19.6 Å². The summed E-state index contributed by atoms with van der Waals surface area (Å²) in [5.74, 6) is 2.74. The fourth-order valence-corrected chi connectivity index (χ4v) is 3.28. The summed E-state index contributed by atoms with van der Waals surface area (Å²) in [6.45, 7) is 8.76. The first kappa shape index (κ1) is 23.1. The number of aromatic nitrogens is 3. The van der Waals surface area contributed by atoms with Gasteiger partial charge in [-0.2, -0.15) is 0 Å². The maximum absolute atomic E-state index is 11.9. The third-order valence-corrected chi connectivity index (χ3v) is 4.83. The second-order valence-electron chi connectivity index (χ2n) is 6.89. The molecule has 158 valence electrons. The molecule has 0 aliphatic carbocycles. The van der Waals surface area contributed by atoms with E-state index in [1.54, 1.807) is 6.20 Å². The van der Waals surface area contributed by atoms with Crippen molar-refractivity contribution >= 4 is 35.8 Å². The minimum absolute atomic E-state index is 0. The summed E-state index contributed by atoms with van der Waals surface area (Å²) in [6, 6.07) is 4.25. The van der Waals surface area contributed by atoms with Crippen molar-refractivity contribution in [3.05, 3.63) is 42.1 Å². The number of nitrogens with zero attached hydrogens (tertiary/aromatic N) is 5. The number of imidazole rings is 1. The molecule has 3 rings (SSSR count). The molecule has 1 unspecified atom stereocenters. The average Bonchev–Trinajstić information content (AvgIpc) is 3.35. The van der Waals surface area contributed by atoms with Crippen LogP contribution < -0.4 is 10.6 Å². The van der Waals surface area contributed by atoms with Crippen molar-refractivity contribution in [2.24, 2.45) is 4.99 Å². The number of rotatable bonds is 6. The second kappa shape index (κ2) is 11.1. The minimum Gasteiger partial charge on any atom is -0.357 e. The van der Waals surface area contributed by atoms with E-state index < -0.39 is 0 Å². The number of nitrogens with one attached hydrogen (secondary N) is 2. The van der Waals surface area contributed by atoms with E-state index in [9.17, 15) is 4.79 Å². The number of pyridine rings is 1. The van der Waals surface area contributed by atoms with Crippen LogP contribution >= 0.6 is 24.0 Å². The Hall–Kier alpha value is -2.17. The van der Waals surface area contributed by atoms with E-state index in [4.69, 9.17) is 0 Å². The van der Waals surface area contributed by atoms with Gasteiger partial charge in [-0.05, 0) is 31.9 Å². The van der Waals surface area contributed by atoms with Gasteiger partial charge < -0.3 is 15.5 Å². The Morgan fingerprint density at radius 2 is 2.14 bits per heavy atom. The second-order valence-corrected chi connectivity index (χ2v) is 6.89. The summed E-state index contributed by atoms with van der Waals surface area (Å²) in [7, 11) is 0. The van der Waals surface area contributed by atoms with Gasteiger partial charge in [0.1, 0.15) is 11.6 Å². The van der Waals surface area contributed by atoms with E-state index in [-0.39, 0.29) is 35.9 Å². The van der Waals surface area contributed by atoms with E-state index >= 15 is 0 Å². The summed E-state index contributed by atoms with van der Waals surface area (Å²) in [6.07, 6.45) is 7.01. The predicted octanol–water partition coefficient (Wildman–Crippen LogP) is 2.26. The fourth-order valence-electron chi connectivity index (χ4n) is 3.28. The maximum atomic E-state index is 11.9. The monoisotopic (exact) mass is 511 g/mol. The highest BCUT2D eigenvalue weighted by Gasteiger charge is 2.25. The Morgan fingerprint density at radius 1 is 1.31 bits per heavy atom. The van der Waals surface area contributed by atoms with Crippen molar-refractivity contribution in [1.82, 2.24) is 30.1 Å². The van der Waals surface area contributed by atoms with E-state index in [1.807, 2.05) is 54.8 Å². The molecule has 1 amide bonds. The number of halogens is 1. The van der Waals surface area contributed by atoms with Gasteiger partial charge in [-0.15, -0.1) is 24.0 Å². The zero-order valence-corrected chi connectivity index (χ0v) is 19.6. The van der Waals surface area contributed by atoms with Gasteiger partial charge in [0.25, 0.3) is 0 Å². The molecule has 8 nitrogen and oxygen atoms in total. The van der Waals surface area contributed by atoms with Crippen LogP contribution in [0.5, 0.6) is 0 Å². The summed E-state index contributed by atoms with van der Waals surface area (Å²) in [4.78, 5) is 27.2. The zero-order valence-electron chi connectivity index (χ0n) is 17.3. The number of carbonyl (C=O) groups is 1. The SMILES string of the molecule is CCNC(=NCc1ccc(-n2ccnc2C)nc1)NC1CCN(C(=O)CC)C1.I. The van der Waals surface area contributed by atoms with Crippen LogP contribution in [0.25, 0.3) is 5.82 Å². The molecule has 1 fully saturated rings. The van der Waals surface area contributed by atoms with Crippen molar-refractivity contribution in [3.63, 3.8) is 0 Å². The van der Waals surface area contributed by atoms with Crippen molar-refractivity contribution in [3.8, 4) is 5.82 Å². The highest BCUT2D eigenvalue weighted by Crippen LogP contribution is 2.11. The van der Waals surface area contributed by atoms with E-state index in [1.165, 1.54) is 0 Å². The Morgan fingerprint density at radius 3 is 2.76 bits per heavy atom. The van der Waals surface area contributed by atoms with Crippen LogP contribution in [0.2, 0.25) is 0 Å². The molecule has 2 N–H and O–H groups in total. The first-order valence-electron chi connectivity index (χ1n) is 9.88. The Bertz CT molecular complexity index is 818. The highest BCUT2D eigenvalue weighted by atomic mass is 127. The molecular weight excluding hydrogens is 481 g/mol. The lowest BCUT2D eigenvalue weighted by molar-refractivity contribution is -0.129. The van der Waals surface area contributed by atoms with Crippen LogP contribution in [0.4, 0.5) is 0 Å². The molecule has 29 heavy (non-hydrogen) atoms. The topological polar surface area (TPSA) is 87.4 Å².